The molecule has 2 nitrogen and oxygen atoms in total. The highest BCUT2D eigenvalue weighted by molar-refractivity contribution is 4.62. The maximum Gasteiger partial charge on any atom is 0.0718 e. The van der Waals surface area contributed by atoms with Crippen molar-refractivity contribution in [3.8, 4) is 0 Å². The first kappa shape index (κ1) is 8.92. The summed E-state index contributed by atoms with van der Waals surface area (Å²) in [5.74, 6) is 0.599. The van der Waals surface area contributed by atoms with Crippen molar-refractivity contribution in [3.63, 3.8) is 0 Å². The maximum absolute atomic E-state index is 5.19. The van der Waals surface area contributed by atoms with Crippen molar-refractivity contribution in [1.29, 1.82) is 0 Å². The lowest BCUT2D eigenvalue weighted by atomic mass is 10.1. The minimum absolute atomic E-state index is 0.356. The van der Waals surface area contributed by atoms with Gasteiger partial charge in [-0.25, -0.2) is 0 Å². The summed E-state index contributed by atoms with van der Waals surface area (Å²) in [6.07, 6.45) is 0.356. The van der Waals surface area contributed by atoms with Gasteiger partial charge in [0.05, 0.1) is 6.10 Å². The Morgan fingerprint density at radius 3 is 2.11 bits per heavy atom. The Bertz CT molecular complexity index is 63.9. The third-order valence-corrected chi connectivity index (χ3v) is 1.45. The topological polar surface area (TPSA) is 21.3 Å². The predicted molar refractivity (Wildman–Crippen MR) is 39.6 cm³/mol. The van der Waals surface area contributed by atoms with E-state index in [0.717, 1.165) is 6.54 Å². The van der Waals surface area contributed by atoms with Gasteiger partial charge in [-0.3, -0.25) is 0 Å². The fourth-order valence-electron chi connectivity index (χ4n) is 0.792. The van der Waals surface area contributed by atoms with Crippen LogP contribution in [0.4, 0.5) is 0 Å². The smallest absolute Gasteiger partial charge is 0.0718 e. The van der Waals surface area contributed by atoms with Crippen molar-refractivity contribution in [2.45, 2.75) is 20.0 Å². The first-order valence-corrected chi connectivity index (χ1v) is 3.39. The van der Waals surface area contributed by atoms with Gasteiger partial charge in [0.15, 0.2) is 0 Å². The molecule has 0 aromatic carbocycles. The number of nitrogens with one attached hydrogen (secondary N) is 1. The van der Waals surface area contributed by atoms with Gasteiger partial charge < -0.3 is 10.1 Å². The second-order valence-corrected chi connectivity index (χ2v) is 2.58. The van der Waals surface area contributed by atoms with Crippen LogP contribution in [0.5, 0.6) is 0 Å². The van der Waals surface area contributed by atoms with Crippen molar-refractivity contribution in [3.05, 3.63) is 0 Å². The van der Waals surface area contributed by atoms with Crippen LogP contribution in [-0.2, 0) is 4.74 Å². The zero-order chi connectivity index (χ0) is 7.28. The molecule has 0 aliphatic rings. The Morgan fingerprint density at radius 2 is 2.00 bits per heavy atom. The van der Waals surface area contributed by atoms with Gasteiger partial charge in [0.2, 0.25) is 0 Å². The molecule has 0 spiro atoms. The molecule has 1 N–H and O–H groups in total. The van der Waals surface area contributed by atoms with Crippen molar-refractivity contribution in [2.75, 3.05) is 20.7 Å². The molecule has 1 atom stereocenters. The molecule has 0 aliphatic heterocycles. The molecule has 0 saturated heterocycles. The maximum atomic E-state index is 5.19. The van der Waals surface area contributed by atoms with Gasteiger partial charge in [0.25, 0.3) is 0 Å². The van der Waals surface area contributed by atoms with E-state index < -0.39 is 0 Å². The summed E-state index contributed by atoms with van der Waals surface area (Å²) in [5, 5.41) is 3.08. The number of hydrogen-bond acceptors (Lipinski definition) is 2. The summed E-state index contributed by atoms with van der Waals surface area (Å²) in [7, 11) is 3.69. The summed E-state index contributed by atoms with van der Waals surface area (Å²) >= 11 is 0. The Kier molecular flexibility index (Phi) is 4.72. The van der Waals surface area contributed by atoms with Gasteiger partial charge >= 0.3 is 0 Å². The molecule has 2 heteroatoms. The lowest BCUT2D eigenvalue weighted by molar-refractivity contribution is 0.0665. The van der Waals surface area contributed by atoms with E-state index in [0.29, 0.717) is 12.0 Å². The van der Waals surface area contributed by atoms with Crippen LogP contribution in [0, 0.1) is 5.92 Å². The molecule has 0 aliphatic carbocycles. The normalized spacial score (nSPS) is 14.3. The zero-order valence-corrected chi connectivity index (χ0v) is 6.77. The molecule has 0 fully saturated rings. The van der Waals surface area contributed by atoms with Crippen molar-refractivity contribution in [1.82, 2.24) is 5.32 Å². The van der Waals surface area contributed by atoms with E-state index in [9.17, 15) is 0 Å². The SMILES string of the molecule is CNCC(OC)C(C)C. The van der Waals surface area contributed by atoms with Crippen LogP contribution in [0.25, 0.3) is 0 Å². The predicted octanol–water partition coefficient (Wildman–Crippen LogP) is 0.877. The highest BCUT2D eigenvalue weighted by atomic mass is 16.5. The Morgan fingerprint density at radius 1 is 1.44 bits per heavy atom. The van der Waals surface area contributed by atoms with Gasteiger partial charge in [-0.1, -0.05) is 13.8 Å². The molecular formula is C7H17NO. The molecule has 0 rings (SSSR count). The molecule has 0 aromatic rings. The van der Waals surface area contributed by atoms with Crippen LogP contribution < -0.4 is 5.32 Å². The second-order valence-electron chi connectivity index (χ2n) is 2.58. The molecule has 0 radical (unpaired) electrons. The molecule has 56 valence electrons. The van der Waals surface area contributed by atoms with Crippen molar-refractivity contribution < 1.29 is 4.74 Å². The Hall–Kier alpha value is -0.0800. The summed E-state index contributed by atoms with van der Waals surface area (Å²) < 4.78 is 5.19. The summed E-state index contributed by atoms with van der Waals surface area (Å²) in [6.45, 7) is 5.26. The van der Waals surface area contributed by atoms with Crippen molar-refractivity contribution in [2.24, 2.45) is 5.92 Å². The number of methoxy groups -OCH3 is 1. The highest BCUT2D eigenvalue weighted by Crippen LogP contribution is 2.02. The molecule has 1 unspecified atom stereocenters. The van der Waals surface area contributed by atoms with Crippen LogP contribution in [0.3, 0.4) is 0 Å². The summed E-state index contributed by atoms with van der Waals surface area (Å²) in [6, 6.07) is 0. The molecule has 9 heavy (non-hydrogen) atoms. The molecular weight excluding hydrogens is 114 g/mol. The van der Waals surface area contributed by atoms with Gasteiger partial charge in [-0.15, -0.1) is 0 Å². The number of hydrogen-bond donors (Lipinski definition) is 1. The largest absolute Gasteiger partial charge is 0.380 e. The van der Waals surface area contributed by atoms with E-state index in [4.69, 9.17) is 4.74 Å². The quantitative estimate of drug-likeness (QED) is 0.611. The Balaban J connectivity index is 3.41. The number of likely N-dealkylation sites (N-methyl/N-ethyl adjacent to an activating group) is 1. The van der Waals surface area contributed by atoms with Crippen LogP contribution in [0.1, 0.15) is 13.8 Å². The minimum atomic E-state index is 0.356. The third-order valence-electron chi connectivity index (χ3n) is 1.45. The van der Waals surface area contributed by atoms with Crippen LogP contribution in [-0.4, -0.2) is 26.8 Å². The van der Waals surface area contributed by atoms with E-state index in [1.165, 1.54) is 0 Å². The van der Waals surface area contributed by atoms with Crippen LogP contribution in [0.2, 0.25) is 0 Å². The second kappa shape index (κ2) is 4.77. The van der Waals surface area contributed by atoms with Crippen LogP contribution >= 0.6 is 0 Å². The van der Waals surface area contributed by atoms with E-state index in [2.05, 4.69) is 19.2 Å². The third kappa shape index (κ3) is 3.49. The fourth-order valence-corrected chi connectivity index (χ4v) is 0.792. The summed E-state index contributed by atoms with van der Waals surface area (Å²) in [5.41, 5.74) is 0. The first-order chi connectivity index (χ1) is 4.22. The van der Waals surface area contributed by atoms with Gasteiger partial charge in [-0.05, 0) is 13.0 Å². The molecule has 0 amide bonds. The highest BCUT2D eigenvalue weighted by Gasteiger charge is 2.09. The van der Waals surface area contributed by atoms with E-state index in [1.807, 2.05) is 7.05 Å². The van der Waals surface area contributed by atoms with E-state index >= 15 is 0 Å². The van der Waals surface area contributed by atoms with Gasteiger partial charge in [0, 0.05) is 13.7 Å². The molecule has 0 heterocycles. The summed E-state index contributed by atoms with van der Waals surface area (Å²) in [4.78, 5) is 0. The van der Waals surface area contributed by atoms with E-state index in [-0.39, 0.29) is 0 Å². The Labute approximate surface area is 57.6 Å². The number of ether oxygens (including phenoxy) is 1. The van der Waals surface area contributed by atoms with E-state index in [1.54, 1.807) is 7.11 Å². The monoisotopic (exact) mass is 131 g/mol. The molecule has 0 aromatic heterocycles. The zero-order valence-electron chi connectivity index (χ0n) is 6.77. The lowest BCUT2D eigenvalue weighted by Crippen LogP contribution is -2.29. The van der Waals surface area contributed by atoms with Crippen molar-refractivity contribution >= 4 is 0 Å². The van der Waals surface area contributed by atoms with Gasteiger partial charge in [-0.2, -0.15) is 0 Å². The standard InChI is InChI=1S/C7H17NO/c1-6(2)7(9-4)5-8-3/h6-8H,5H2,1-4H3. The fraction of sp³-hybridized carbons (Fsp3) is 1.00. The first-order valence-electron chi connectivity index (χ1n) is 3.39. The number of rotatable bonds is 4. The van der Waals surface area contributed by atoms with Gasteiger partial charge in [0.1, 0.15) is 0 Å². The molecule has 0 bridgehead atoms. The average Bonchev–Trinajstić information content (AvgIpc) is 1.82. The molecule has 0 saturated carbocycles. The minimum Gasteiger partial charge on any atom is -0.380 e. The lowest BCUT2D eigenvalue weighted by Gasteiger charge is -2.17. The van der Waals surface area contributed by atoms with Crippen LogP contribution in [0.15, 0.2) is 0 Å². The average molecular weight is 131 g/mol.